The van der Waals surface area contributed by atoms with Gasteiger partial charge in [-0.2, -0.15) is 0 Å². The minimum absolute atomic E-state index is 0.0263. The molecule has 0 radical (unpaired) electrons. The van der Waals surface area contributed by atoms with Crippen molar-refractivity contribution in [1.29, 1.82) is 0 Å². The van der Waals surface area contributed by atoms with Gasteiger partial charge in [-0.05, 0) is 24.1 Å². The van der Waals surface area contributed by atoms with Crippen molar-refractivity contribution in [1.82, 2.24) is 4.98 Å². The van der Waals surface area contributed by atoms with Crippen LogP contribution in [0.15, 0.2) is 48.7 Å². The van der Waals surface area contributed by atoms with Gasteiger partial charge in [0, 0.05) is 36.5 Å². The number of sulfone groups is 1. The molecule has 0 aliphatic carbocycles. The van der Waals surface area contributed by atoms with Crippen molar-refractivity contribution in [2.24, 2.45) is 5.73 Å². The van der Waals surface area contributed by atoms with Gasteiger partial charge in [0.15, 0.2) is 5.78 Å². The third-order valence-electron chi connectivity index (χ3n) is 4.90. The fourth-order valence-corrected chi connectivity index (χ4v) is 3.95. The fourth-order valence-electron chi connectivity index (χ4n) is 3.31. The molecule has 0 unspecified atom stereocenters. The number of aromatic nitrogens is 1. The van der Waals surface area contributed by atoms with Gasteiger partial charge in [-0.15, -0.1) is 0 Å². The van der Waals surface area contributed by atoms with Crippen LogP contribution in [-0.2, 0) is 16.4 Å². The number of ketones is 1. The SMILES string of the molecule is CCC(=O)c1cnc2c(OCCCS(C)(=O)=O)cccc2c1Nc1ccccc1CN. The van der Waals surface area contributed by atoms with Crippen molar-refractivity contribution in [2.75, 3.05) is 23.9 Å². The Hall–Kier alpha value is -2.97. The Morgan fingerprint density at radius 3 is 2.65 bits per heavy atom. The van der Waals surface area contributed by atoms with Crippen LogP contribution in [0.4, 0.5) is 11.4 Å². The topological polar surface area (TPSA) is 111 Å². The Morgan fingerprint density at radius 1 is 1.16 bits per heavy atom. The number of nitrogens with one attached hydrogen (secondary N) is 1. The van der Waals surface area contributed by atoms with Gasteiger partial charge in [-0.25, -0.2) is 8.42 Å². The Bertz CT molecular complexity index is 1190. The number of nitrogens with two attached hydrogens (primary N) is 1. The Balaban J connectivity index is 2.02. The second-order valence-electron chi connectivity index (χ2n) is 7.29. The lowest BCUT2D eigenvalue weighted by atomic mass is 10.0. The molecule has 0 saturated carbocycles. The van der Waals surface area contributed by atoms with Crippen LogP contribution in [0.1, 0.15) is 35.7 Å². The van der Waals surface area contributed by atoms with E-state index >= 15 is 0 Å². The zero-order chi connectivity index (χ0) is 22.4. The number of Topliss-reactive ketones (excluding diaryl/α,β-unsaturated/α-hetero) is 1. The van der Waals surface area contributed by atoms with Crippen LogP contribution in [0, 0.1) is 0 Å². The van der Waals surface area contributed by atoms with Gasteiger partial charge in [0.25, 0.3) is 0 Å². The van der Waals surface area contributed by atoms with Gasteiger partial charge in [0.05, 0.1) is 23.6 Å². The normalized spacial score (nSPS) is 11.5. The molecule has 1 aromatic heterocycles. The van der Waals surface area contributed by atoms with Gasteiger partial charge >= 0.3 is 0 Å². The Morgan fingerprint density at radius 2 is 1.94 bits per heavy atom. The highest BCUT2D eigenvalue weighted by atomic mass is 32.2. The van der Waals surface area contributed by atoms with E-state index in [9.17, 15) is 13.2 Å². The number of ether oxygens (including phenoxy) is 1. The fraction of sp³-hybridized carbons (Fsp3) is 0.304. The van der Waals surface area contributed by atoms with E-state index < -0.39 is 9.84 Å². The van der Waals surface area contributed by atoms with E-state index in [0.717, 1.165) is 16.6 Å². The number of hydrogen-bond donors (Lipinski definition) is 2. The second kappa shape index (κ2) is 9.89. The summed E-state index contributed by atoms with van der Waals surface area (Å²) in [6.07, 6.45) is 3.50. The van der Waals surface area contributed by atoms with Crippen LogP contribution in [0.25, 0.3) is 10.9 Å². The molecule has 3 N–H and O–H groups in total. The summed E-state index contributed by atoms with van der Waals surface area (Å²) in [6.45, 7) is 2.42. The molecular formula is C23H27N3O4S. The van der Waals surface area contributed by atoms with Gasteiger partial charge in [0.1, 0.15) is 21.1 Å². The zero-order valence-corrected chi connectivity index (χ0v) is 18.5. The maximum Gasteiger partial charge on any atom is 0.166 e. The summed E-state index contributed by atoms with van der Waals surface area (Å²) in [4.78, 5) is 17.1. The lowest BCUT2D eigenvalue weighted by molar-refractivity contribution is 0.0988. The predicted molar refractivity (Wildman–Crippen MR) is 124 cm³/mol. The number of para-hydroxylation sites is 2. The minimum Gasteiger partial charge on any atom is -0.491 e. The van der Waals surface area contributed by atoms with E-state index in [-0.39, 0.29) is 18.1 Å². The van der Waals surface area contributed by atoms with Crippen molar-refractivity contribution in [3.05, 3.63) is 59.8 Å². The standard InChI is InChI=1S/C23H27N3O4S/c1-3-20(27)18-15-25-23-17(22(18)26-19-10-5-4-8-16(19)14-24)9-6-11-21(23)30-12-7-13-31(2,28)29/h4-6,8-11,15H,3,7,12-14,24H2,1-2H3,(H,25,26). The maximum atomic E-state index is 12.6. The molecule has 0 aliphatic rings. The van der Waals surface area contributed by atoms with Crippen LogP contribution in [0.2, 0.25) is 0 Å². The van der Waals surface area contributed by atoms with Crippen LogP contribution in [0.5, 0.6) is 5.75 Å². The molecule has 2 aromatic carbocycles. The molecular weight excluding hydrogens is 414 g/mol. The monoisotopic (exact) mass is 441 g/mol. The highest BCUT2D eigenvalue weighted by molar-refractivity contribution is 7.90. The van der Waals surface area contributed by atoms with E-state index in [1.807, 2.05) is 43.3 Å². The lowest BCUT2D eigenvalue weighted by Crippen LogP contribution is -2.09. The number of nitrogens with zero attached hydrogens (tertiary/aromatic N) is 1. The summed E-state index contributed by atoms with van der Waals surface area (Å²) < 4.78 is 28.5. The Kier molecular flexibility index (Phi) is 7.25. The summed E-state index contributed by atoms with van der Waals surface area (Å²) in [6, 6.07) is 13.2. The van der Waals surface area contributed by atoms with Crippen molar-refractivity contribution >= 4 is 37.9 Å². The first-order valence-corrected chi connectivity index (χ1v) is 12.2. The van der Waals surface area contributed by atoms with Gasteiger partial charge in [-0.3, -0.25) is 9.78 Å². The molecule has 1 heterocycles. The van der Waals surface area contributed by atoms with Crippen molar-refractivity contribution < 1.29 is 17.9 Å². The largest absolute Gasteiger partial charge is 0.491 e. The van der Waals surface area contributed by atoms with Crippen LogP contribution >= 0.6 is 0 Å². The number of carbonyl (C=O) groups is 1. The summed E-state index contributed by atoms with van der Waals surface area (Å²) >= 11 is 0. The van der Waals surface area contributed by atoms with E-state index in [1.165, 1.54) is 6.26 Å². The van der Waals surface area contributed by atoms with Gasteiger partial charge < -0.3 is 15.8 Å². The molecule has 8 heteroatoms. The van der Waals surface area contributed by atoms with Crippen LogP contribution in [-0.4, -0.2) is 37.8 Å². The van der Waals surface area contributed by atoms with Crippen molar-refractivity contribution in [2.45, 2.75) is 26.3 Å². The van der Waals surface area contributed by atoms with Crippen molar-refractivity contribution in [3.63, 3.8) is 0 Å². The number of rotatable bonds is 10. The van der Waals surface area contributed by atoms with Crippen LogP contribution < -0.4 is 15.8 Å². The highest BCUT2D eigenvalue weighted by Gasteiger charge is 2.17. The Labute approximate surface area is 182 Å². The molecule has 0 amide bonds. The first kappa shape index (κ1) is 22.7. The smallest absolute Gasteiger partial charge is 0.166 e. The molecule has 164 valence electrons. The molecule has 0 fully saturated rings. The van der Waals surface area contributed by atoms with E-state index in [2.05, 4.69) is 10.3 Å². The lowest BCUT2D eigenvalue weighted by Gasteiger charge is -2.17. The minimum atomic E-state index is -3.04. The maximum absolute atomic E-state index is 12.6. The third kappa shape index (κ3) is 5.59. The average molecular weight is 442 g/mol. The quantitative estimate of drug-likeness (QED) is 0.363. The first-order chi connectivity index (χ1) is 14.8. The third-order valence-corrected chi connectivity index (χ3v) is 5.93. The number of pyridine rings is 1. The highest BCUT2D eigenvalue weighted by Crippen LogP contribution is 2.35. The summed E-state index contributed by atoms with van der Waals surface area (Å²) in [7, 11) is -3.04. The zero-order valence-electron chi connectivity index (χ0n) is 17.7. The molecule has 3 aromatic rings. The molecule has 0 bridgehead atoms. The number of anilines is 2. The van der Waals surface area contributed by atoms with Gasteiger partial charge in [0.2, 0.25) is 0 Å². The van der Waals surface area contributed by atoms with E-state index in [0.29, 0.717) is 41.9 Å². The van der Waals surface area contributed by atoms with Crippen molar-refractivity contribution in [3.8, 4) is 5.75 Å². The number of benzene rings is 2. The molecule has 3 rings (SSSR count). The summed E-state index contributed by atoms with van der Waals surface area (Å²) in [5, 5.41) is 4.13. The predicted octanol–water partition coefficient (Wildman–Crippen LogP) is 3.84. The second-order valence-corrected chi connectivity index (χ2v) is 9.55. The molecule has 31 heavy (non-hydrogen) atoms. The van der Waals surface area contributed by atoms with Crippen LogP contribution in [0.3, 0.4) is 0 Å². The van der Waals surface area contributed by atoms with E-state index in [4.69, 9.17) is 10.5 Å². The number of fused-ring (bicyclic) bond motifs is 1. The summed E-state index contributed by atoms with van der Waals surface area (Å²) in [5.41, 5.74) is 9.38. The molecule has 0 spiro atoms. The molecule has 0 saturated heterocycles. The number of carbonyl (C=O) groups excluding carboxylic acids is 1. The molecule has 0 atom stereocenters. The average Bonchev–Trinajstić information content (AvgIpc) is 2.76. The first-order valence-electron chi connectivity index (χ1n) is 10.1. The molecule has 7 nitrogen and oxygen atoms in total. The number of hydrogen-bond acceptors (Lipinski definition) is 7. The van der Waals surface area contributed by atoms with Gasteiger partial charge in [-0.1, -0.05) is 37.3 Å². The molecule has 0 aliphatic heterocycles. The summed E-state index contributed by atoms with van der Waals surface area (Å²) in [5.74, 6) is 0.571. The van der Waals surface area contributed by atoms with E-state index in [1.54, 1.807) is 12.3 Å².